The van der Waals surface area contributed by atoms with Crippen LogP contribution in [0.2, 0.25) is 0 Å². The molecule has 1 aliphatic heterocycles. The standard InChI is InChI=1S/C17H27N3O3S/c1-3-14(2)15-4-6-16(7-5-15)24(22,23)20-12-10-19(11-13-20)9-8-17(18)21/h4-7,14H,3,8-13H2,1-2H3,(H2,18,21)/p+1/t14-/m1/s1. The first-order valence-electron chi connectivity index (χ1n) is 8.56. The minimum atomic E-state index is -3.44. The van der Waals surface area contributed by atoms with Crippen LogP contribution >= 0.6 is 0 Å². The van der Waals surface area contributed by atoms with Crippen LogP contribution in [0.1, 0.15) is 38.2 Å². The molecule has 0 radical (unpaired) electrons. The van der Waals surface area contributed by atoms with Crippen molar-refractivity contribution >= 4 is 15.9 Å². The predicted octanol–water partition coefficient (Wildman–Crippen LogP) is -0.0353. The highest BCUT2D eigenvalue weighted by Gasteiger charge is 2.30. The quantitative estimate of drug-likeness (QED) is 0.721. The number of nitrogens with two attached hydrogens (primary N) is 1. The largest absolute Gasteiger partial charge is 0.369 e. The number of rotatable bonds is 7. The lowest BCUT2D eigenvalue weighted by Crippen LogP contribution is -3.15. The van der Waals surface area contributed by atoms with E-state index in [1.54, 1.807) is 16.4 Å². The zero-order valence-corrected chi connectivity index (χ0v) is 15.3. The lowest BCUT2D eigenvalue weighted by atomic mass is 9.99. The molecule has 134 valence electrons. The van der Waals surface area contributed by atoms with E-state index in [-0.39, 0.29) is 5.91 Å². The molecule has 2 rings (SSSR count). The number of carbonyl (C=O) groups excluding carboxylic acids is 1. The molecule has 7 heteroatoms. The van der Waals surface area contributed by atoms with E-state index in [1.807, 2.05) is 12.1 Å². The number of quaternary nitrogens is 1. The van der Waals surface area contributed by atoms with E-state index >= 15 is 0 Å². The first-order valence-corrected chi connectivity index (χ1v) is 10.0. The lowest BCUT2D eigenvalue weighted by Gasteiger charge is -2.31. The predicted molar refractivity (Wildman–Crippen MR) is 93.3 cm³/mol. The summed E-state index contributed by atoms with van der Waals surface area (Å²) in [6.45, 7) is 7.29. The molecule has 0 saturated carbocycles. The summed E-state index contributed by atoms with van der Waals surface area (Å²) in [5.41, 5.74) is 6.33. The third-order valence-electron chi connectivity index (χ3n) is 4.85. The van der Waals surface area contributed by atoms with Gasteiger partial charge in [-0.05, 0) is 30.0 Å². The van der Waals surface area contributed by atoms with Crippen LogP contribution in [-0.2, 0) is 14.8 Å². The van der Waals surface area contributed by atoms with Gasteiger partial charge < -0.3 is 10.6 Å². The summed E-state index contributed by atoms with van der Waals surface area (Å²) in [7, 11) is -3.44. The molecule has 1 saturated heterocycles. The van der Waals surface area contributed by atoms with Gasteiger partial charge in [0.05, 0.1) is 44.0 Å². The van der Waals surface area contributed by atoms with Crippen LogP contribution in [0.3, 0.4) is 0 Å². The number of hydrogen-bond donors (Lipinski definition) is 2. The summed E-state index contributed by atoms with van der Waals surface area (Å²) in [4.78, 5) is 12.4. The number of amides is 1. The Morgan fingerprint density at radius 3 is 2.33 bits per heavy atom. The molecule has 0 aliphatic carbocycles. The van der Waals surface area contributed by atoms with Gasteiger partial charge in [-0.2, -0.15) is 4.31 Å². The molecule has 0 spiro atoms. The Morgan fingerprint density at radius 1 is 1.25 bits per heavy atom. The Kier molecular flexibility index (Phi) is 6.37. The molecule has 0 bridgehead atoms. The maximum Gasteiger partial charge on any atom is 0.243 e. The van der Waals surface area contributed by atoms with E-state index in [0.717, 1.165) is 12.0 Å². The van der Waals surface area contributed by atoms with Gasteiger partial charge in [0, 0.05) is 0 Å². The lowest BCUT2D eigenvalue weighted by molar-refractivity contribution is -0.903. The second-order valence-corrected chi connectivity index (χ2v) is 8.44. The number of hydrogen-bond acceptors (Lipinski definition) is 3. The van der Waals surface area contributed by atoms with Crippen LogP contribution < -0.4 is 10.6 Å². The first-order chi connectivity index (χ1) is 11.3. The van der Waals surface area contributed by atoms with Crippen LogP contribution in [0.25, 0.3) is 0 Å². The first kappa shape index (κ1) is 18.9. The minimum Gasteiger partial charge on any atom is -0.369 e. The van der Waals surface area contributed by atoms with E-state index in [4.69, 9.17) is 5.73 Å². The molecule has 1 heterocycles. The Bertz CT molecular complexity index is 650. The molecule has 1 amide bonds. The zero-order valence-electron chi connectivity index (χ0n) is 14.5. The van der Waals surface area contributed by atoms with Gasteiger partial charge in [-0.25, -0.2) is 8.42 Å². The van der Waals surface area contributed by atoms with Crippen LogP contribution in [0, 0.1) is 0 Å². The van der Waals surface area contributed by atoms with Gasteiger partial charge in [0.25, 0.3) is 0 Å². The van der Waals surface area contributed by atoms with Crippen LogP contribution in [0.4, 0.5) is 0 Å². The number of nitrogens with one attached hydrogen (secondary N) is 1. The fourth-order valence-electron chi connectivity index (χ4n) is 2.95. The van der Waals surface area contributed by atoms with E-state index < -0.39 is 10.0 Å². The third kappa shape index (κ3) is 4.55. The average molecular weight is 354 g/mol. The van der Waals surface area contributed by atoms with Gasteiger partial charge in [0.1, 0.15) is 0 Å². The number of benzene rings is 1. The summed E-state index contributed by atoms with van der Waals surface area (Å²) < 4.78 is 27.0. The summed E-state index contributed by atoms with van der Waals surface area (Å²) in [6, 6.07) is 7.25. The minimum absolute atomic E-state index is 0.307. The van der Waals surface area contributed by atoms with E-state index in [9.17, 15) is 13.2 Å². The summed E-state index contributed by atoms with van der Waals surface area (Å²) in [5.74, 6) is 0.123. The number of sulfonamides is 1. The number of carbonyl (C=O) groups is 1. The molecule has 3 N–H and O–H groups in total. The normalized spacial score (nSPS) is 18.4. The van der Waals surface area contributed by atoms with E-state index in [1.165, 1.54) is 4.90 Å². The van der Waals surface area contributed by atoms with Gasteiger partial charge in [-0.15, -0.1) is 0 Å². The zero-order chi connectivity index (χ0) is 17.7. The van der Waals surface area contributed by atoms with Gasteiger partial charge in [-0.3, -0.25) is 4.79 Å². The Balaban J connectivity index is 2.00. The van der Waals surface area contributed by atoms with Crippen molar-refractivity contribution in [1.29, 1.82) is 0 Å². The molecule has 24 heavy (non-hydrogen) atoms. The Hall–Kier alpha value is -1.44. The molecule has 0 aromatic heterocycles. The van der Waals surface area contributed by atoms with Crippen molar-refractivity contribution in [3.8, 4) is 0 Å². The van der Waals surface area contributed by atoms with Crippen molar-refractivity contribution in [2.24, 2.45) is 5.73 Å². The highest BCUT2D eigenvalue weighted by Crippen LogP contribution is 2.22. The van der Waals surface area contributed by atoms with E-state index in [0.29, 0.717) is 50.0 Å². The molecule has 6 nitrogen and oxygen atoms in total. The molecule has 1 fully saturated rings. The Morgan fingerprint density at radius 2 is 1.83 bits per heavy atom. The highest BCUT2D eigenvalue weighted by atomic mass is 32.2. The van der Waals surface area contributed by atoms with Crippen molar-refractivity contribution in [1.82, 2.24) is 4.31 Å². The average Bonchev–Trinajstić information content (AvgIpc) is 2.59. The smallest absolute Gasteiger partial charge is 0.243 e. The monoisotopic (exact) mass is 354 g/mol. The van der Waals surface area contributed by atoms with Crippen LogP contribution in [0.5, 0.6) is 0 Å². The second-order valence-electron chi connectivity index (χ2n) is 6.50. The van der Waals surface area contributed by atoms with Crippen molar-refractivity contribution in [2.75, 3.05) is 32.7 Å². The van der Waals surface area contributed by atoms with Crippen LogP contribution in [-0.4, -0.2) is 51.4 Å². The van der Waals surface area contributed by atoms with Gasteiger partial charge in [0.2, 0.25) is 15.9 Å². The SMILES string of the molecule is CC[C@@H](C)c1ccc(S(=O)(=O)N2CC[NH+](CCC(N)=O)CC2)cc1. The van der Waals surface area contributed by atoms with E-state index in [2.05, 4.69) is 13.8 Å². The van der Waals surface area contributed by atoms with Gasteiger partial charge in [0.15, 0.2) is 0 Å². The third-order valence-corrected chi connectivity index (χ3v) is 6.77. The van der Waals surface area contributed by atoms with Gasteiger partial charge >= 0.3 is 0 Å². The van der Waals surface area contributed by atoms with Crippen molar-refractivity contribution in [3.05, 3.63) is 29.8 Å². The van der Waals surface area contributed by atoms with Crippen LogP contribution in [0.15, 0.2) is 29.2 Å². The number of piperazine rings is 1. The summed E-state index contributed by atoms with van der Waals surface area (Å²) >= 11 is 0. The molecule has 1 atom stereocenters. The van der Waals surface area contributed by atoms with Gasteiger partial charge in [-0.1, -0.05) is 26.0 Å². The molecule has 0 unspecified atom stereocenters. The second kappa shape index (κ2) is 8.09. The topological polar surface area (TPSA) is 84.9 Å². The Labute approximate surface area is 144 Å². The number of primary amides is 1. The summed E-state index contributed by atoms with van der Waals surface area (Å²) in [5, 5.41) is 0. The molecular weight excluding hydrogens is 326 g/mol. The van der Waals surface area contributed by atoms with Crippen molar-refractivity contribution in [2.45, 2.75) is 37.5 Å². The maximum absolute atomic E-state index is 12.8. The molecular formula is C17H28N3O3S+. The van der Waals surface area contributed by atoms with Crippen molar-refractivity contribution < 1.29 is 18.1 Å². The van der Waals surface area contributed by atoms with Crippen molar-refractivity contribution in [3.63, 3.8) is 0 Å². The fraction of sp³-hybridized carbons (Fsp3) is 0.588. The fourth-order valence-corrected chi connectivity index (χ4v) is 4.39. The summed E-state index contributed by atoms with van der Waals surface area (Å²) in [6.07, 6.45) is 1.38. The number of nitrogens with zero attached hydrogens (tertiary/aromatic N) is 1. The molecule has 1 aromatic carbocycles. The maximum atomic E-state index is 12.8. The highest BCUT2D eigenvalue weighted by molar-refractivity contribution is 7.89. The molecule has 1 aromatic rings. The molecule has 1 aliphatic rings.